The number of carboxylic acid groups (broad SMARTS) is 1. The van der Waals surface area contributed by atoms with Gasteiger partial charge in [0.05, 0.1) is 40.3 Å². The number of esters is 2. The lowest BCUT2D eigenvalue weighted by molar-refractivity contribution is -0.870. The molecule has 2 unspecified atom stereocenters. The van der Waals surface area contributed by atoms with Crippen molar-refractivity contribution in [3.63, 3.8) is 0 Å². The average molecular weight is 876 g/mol. The van der Waals surface area contributed by atoms with Crippen molar-refractivity contribution in [3.8, 4) is 0 Å². The van der Waals surface area contributed by atoms with E-state index in [1.807, 2.05) is 21.1 Å². The van der Waals surface area contributed by atoms with E-state index >= 15 is 0 Å². The minimum absolute atomic E-state index is 0.128. The Morgan fingerprint density at radius 3 is 1.24 bits per heavy atom. The molecule has 9 heteroatoms. The topological polar surface area (TPSA) is 111 Å². The van der Waals surface area contributed by atoms with Crippen LogP contribution in [0.5, 0.6) is 0 Å². The minimum atomic E-state index is -1.64. The van der Waals surface area contributed by atoms with Gasteiger partial charge in [0.1, 0.15) is 13.2 Å². The van der Waals surface area contributed by atoms with Crippen LogP contribution in [0.2, 0.25) is 0 Å². The molecule has 0 spiro atoms. The third-order valence-corrected chi connectivity index (χ3v) is 9.20. The van der Waals surface area contributed by atoms with Crippen molar-refractivity contribution in [2.45, 2.75) is 155 Å². The molecule has 354 valence electrons. The number of likely N-dealkylation sites (N-methyl/N-ethyl adjacent to an activating group) is 1. The van der Waals surface area contributed by atoms with E-state index in [0.717, 1.165) is 103 Å². The molecule has 0 aliphatic heterocycles. The second kappa shape index (κ2) is 44.3. The number of carbonyl (C=O) groups excluding carboxylic acids is 3. The summed E-state index contributed by atoms with van der Waals surface area (Å²) in [5.74, 6) is -2.39. The SMILES string of the molecule is CC/C=C\C/C=C\C/C=C\C/C=C\C/C=C\C/C=C\C/C=C\CCCCCC(=O)OC(COC(=O)CCCCC/C=C\C/C=C\C/C=C\CC)COC(OCC[N+](C)(C)C)C(=O)[O-]. The first-order valence-corrected chi connectivity index (χ1v) is 23.7. The zero-order chi connectivity index (χ0) is 46.3. The quantitative estimate of drug-likeness (QED) is 0.0196. The van der Waals surface area contributed by atoms with Crippen LogP contribution < -0.4 is 5.11 Å². The van der Waals surface area contributed by atoms with E-state index in [1.165, 1.54) is 0 Å². The maximum Gasteiger partial charge on any atom is 0.306 e. The molecule has 0 heterocycles. The molecule has 0 aliphatic rings. The van der Waals surface area contributed by atoms with Crippen molar-refractivity contribution in [3.05, 3.63) is 122 Å². The number of allylic oxidation sites excluding steroid dienone is 20. The van der Waals surface area contributed by atoms with Gasteiger partial charge in [-0.25, -0.2) is 0 Å². The van der Waals surface area contributed by atoms with Crippen LogP contribution in [-0.4, -0.2) is 82.3 Å². The van der Waals surface area contributed by atoms with Gasteiger partial charge in [-0.15, -0.1) is 0 Å². The van der Waals surface area contributed by atoms with Crippen LogP contribution in [0, 0.1) is 0 Å². The first-order valence-electron chi connectivity index (χ1n) is 23.7. The normalized spacial score (nSPS) is 14.0. The van der Waals surface area contributed by atoms with Crippen molar-refractivity contribution in [1.82, 2.24) is 0 Å². The van der Waals surface area contributed by atoms with Gasteiger partial charge in [0.2, 0.25) is 0 Å². The van der Waals surface area contributed by atoms with Gasteiger partial charge in [-0.3, -0.25) is 9.59 Å². The lowest BCUT2D eigenvalue weighted by Gasteiger charge is -2.26. The Balaban J connectivity index is 4.51. The largest absolute Gasteiger partial charge is 0.545 e. The Labute approximate surface area is 383 Å². The van der Waals surface area contributed by atoms with E-state index < -0.39 is 30.3 Å². The highest BCUT2D eigenvalue weighted by molar-refractivity contribution is 5.70. The van der Waals surface area contributed by atoms with Gasteiger partial charge in [0.15, 0.2) is 12.4 Å². The number of carbonyl (C=O) groups is 3. The highest BCUT2D eigenvalue weighted by Gasteiger charge is 2.21. The molecule has 0 saturated carbocycles. The molecule has 0 saturated heterocycles. The van der Waals surface area contributed by atoms with Crippen molar-refractivity contribution in [2.24, 2.45) is 0 Å². The molecule has 0 aliphatic carbocycles. The Kier molecular flexibility index (Phi) is 41.3. The number of ether oxygens (including phenoxy) is 4. The van der Waals surface area contributed by atoms with Crippen molar-refractivity contribution in [1.29, 1.82) is 0 Å². The molecule has 0 aromatic carbocycles. The van der Waals surface area contributed by atoms with Crippen molar-refractivity contribution < 1.29 is 42.9 Å². The molecular formula is C54H85NO8. The van der Waals surface area contributed by atoms with Gasteiger partial charge < -0.3 is 33.3 Å². The molecule has 0 bridgehead atoms. The number of carboxylic acids is 1. The van der Waals surface area contributed by atoms with Gasteiger partial charge in [0.25, 0.3) is 0 Å². The lowest BCUT2D eigenvalue weighted by Crippen LogP contribution is -2.44. The molecule has 9 nitrogen and oxygen atoms in total. The highest BCUT2D eigenvalue weighted by Crippen LogP contribution is 2.10. The predicted molar refractivity (Wildman–Crippen MR) is 260 cm³/mol. The van der Waals surface area contributed by atoms with Crippen LogP contribution >= 0.6 is 0 Å². The van der Waals surface area contributed by atoms with Crippen molar-refractivity contribution in [2.75, 3.05) is 47.5 Å². The summed E-state index contributed by atoms with van der Waals surface area (Å²) in [6.45, 7) is 4.39. The fraction of sp³-hybridized carbons (Fsp3) is 0.574. The van der Waals surface area contributed by atoms with Gasteiger partial charge in [-0.05, 0) is 103 Å². The van der Waals surface area contributed by atoms with E-state index in [9.17, 15) is 19.5 Å². The van der Waals surface area contributed by atoms with Gasteiger partial charge in [-0.2, -0.15) is 0 Å². The van der Waals surface area contributed by atoms with Gasteiger partial charge in [0, 0.05) is 12.8 Å². The number of hydrogen-bond acceptors (Lipinski definition) is 8. The summed E-state index contributed by atoms with van der Waals surface area (Å²) in [4.78, 5) is 37.0. The zero-order valence-corrected chi connectivity index (χ0v) is 39.9. The van der Waals surface area contributed by atoms with Crippen LogP contribution in [0.3, 0.4) is 0 Å². The minimum Gasteiger partial charge on any atom is -0.545 e. The van der Waals surface area contributed by atoms with E-state index in [2.05, 4.69) is 135 Å². The number of unbranched alkanes of at least 4 members (excludes halogenated alkanes) is 6. The second-order valence-electron chi connectivity index (χ2n) is 16.3. The molecule has 0 aromatic heterocycles. The second-order valence-corrected chi connectivity index (χ2v) is 16.3. The van der Waals surface area contributed by atoms with Gasteiger partial charge in [-0.1, -0.05) is 148 Å². The molecule has 2 atom stereocenters. The number of hydrogen-bond donors (Lipinski definition) is 0. The summed E-state index contributed by atoms with van der Waals surface area (Å²) in [5, 5.41) is 11.7. The Bertz CT molecular complexity index is 1440. The summed E-state index contributed by atoms with van der Waals surface area (Å²) in [5.41, 5.74) is 0. The number of nitrogens with zero attached hydrogens (tertiary/aromatic N) is 1. The van der Waals surface area contributed by atoms with Crippen LogP contribution in [0.4, 0.5) is 0 Å². The summed E-state index contributed by atoms with van der Waals surface area (Å²) in [6.07, 6.45) is 58.1. The molecule has 0 radical (unpaired) electrons. The Morgan fingerprint density at radius 1 is 0.476 bits per heavy atom. The fourth-order valence-electron chi connectivity index (χ4n) is 5.59. The standard InChI is InChI=1S/C54H85NO8/c1-6-8-10-12-14-16-18-20-21-22-23-24-25-26-27-28-29-30-31-33-35-37-39-41-43-45-52(57)63-50(49-62-54(53(58)59)60-47-46-55(3,4)5)48-61-51(56)44-42-40-38-36-34-32-19-17-15-13-11-9-7-2/h8-11,14-17,20-21,23-24,26-27,29-30,32-35,50,54H,6-7,12-13,18-19,22,25,28,31,36-49H2,1-5H3/b10-8-,11-9-,16-14-,17-15-,21-20-,24-23-,27-26-,30-29-,34-32-,35-33-. The third-order valence-electron chi connectivity index (χ3n) is 9.20. The molecule has 0 aromatic rings. The molecular weight excluding hydrogens is 791 g/mol. The van der Waals surface area contributed by atoms with E-state index in [0.29, 0.717) is 23.9 Å². The molecule has 0 rings (SSSR count). The number of aliphatic carboxylic acids is 1. The van der Waals surface area contributed by atoms with Crippen molar-refractivity contribution >= 4 is 17.9 Å². The monoisotopic (exact) mass is 876 g/mol. The van der Waals surface area contributed by atoms with E-state index in [1.54, 1.807) is 0 Å². The predicted octanol–water partition coefficient (Wildman–Crippen LogP) is 11.7. The van der Waals surface area contributed by atoms with E-state index in [-0.39, 0.29) is 32.7 Å². The average Bonchev–Trinajstić information content (AvgIpc) is 3.24. The Hall–Kier alpha value is -4.31. The summed E-state index contributed by atoms with van der Waals surface area (Å²) in [7, 11) is 5.87. The highest BCUT2D eigenvalue weighted by atomic mass is 16.7. The maximum atomic E-state index is 12.8. The molecule has 0 amide bonds. The fourth-order valence-corrected chi connectivity index (χ4v) is 5.59. The maximum absolute atomic E-state index is 12.8. The van der Waals surface area contributed by atoms with E-state index in [4.69, 9.17) is 18.9 Å². The molecule has 0 fully saturated rings. The number of rotatable bonds is 41. The first-order chi connectivity index (χ1) is 30.6. The summed E-state index contributed by atoms with van der Waals surface area (Å²) < 4.78 is 22.5. The Morgan fingerprint density at radius 2 is 0.857 bits per heavy atom. The van der Waals surface area contributed by atoms with Crippen LogP contribution in [-0.2, 0) is 33.3 Å². The van der Waals surface area contributed by atoms with Crippen LogP contribution in [0.25, 0.3) is 0 Å². The summed E-state index contributed by atoms with van der Waals surface area (Å²) >= 11 is 0. The van der Waals surface area contributed by atoms with Crippen LogP contribution in [0.1, 0.15) is 142 Å². The smallest absolute Gasteiger partial charge is 0.306 e. The molecule has 0 N–H and O–H groups in total. The van der Waals surface area contributed by atoms with Crippen LogP contribution in [0.15, 0.2) is 122 Å². The summed E-state index contributed by atoms with van der Waals surface area (Å²) in [6, 6.07) is 0. The first kappa shape index (κ1) is 58.7. The third kappa shape index (κ3) is 45.5. The number of quaternary nitrogens is 1. The zero-order valence-electron chi connectivity index (χ0n) is 39.9. The lowest BCUT2D eigenvalue weighted by atomic mass is 10.1. The van der Waals surface area contributed by atoms with Gasteiger partial charge >= 0.3 is 11.9 Å². The molecule has 63 heavy (non-hydrogen) atoms.